The van der Waals surface area contributed by atoms with Crippen LogP contribution in [0.15, 0.2) is 0 Å². The molecule has 8 heteroatoms. The lowest BCUT2D eigenvalue weighted by molar-refractivity contribution is -0.371. The molecule has 2 heterocycles. The van der Waals surface area contributed by atoms with Crippen molar-refractivity contribution in [3.8, 4) is 0 Å². The fourth-order valence-electron chi connectivity index (χ4n) is 2.83. The molecule has 0 radical (unpaired) electrons. The third kappa shape index (κ3) is 5.52. The molecule has 25 heavy (non-hydrogen) atoms. The number of aliphatic hydroxyl groups excluding tert-OH is 1. The van der Waals surface area contributed by atoms with Gasteiger partial charge in [-0.15, -0.1) is 0 Å². The smallest absolute Gasteiger partial charge is 0.408 e. The Hall–Kier alpha value is -0.930. The Morgan fingerprint density at radius 3 is 2.52 bits per heavy atom. The molecule has 0 spiro atoms. The van der Waals surface area contributed by atoms with Crippen molar-refractivity contribution in [2.75, 3.05) is 6.61 Å². The minimum Gasteiger partial charge on any atom is -0.444 e. The zero-order chi connectivity index (χ0) is 19.0. The average molecular weight is 361 g/mol. The monoisotopic (exact) mass is 361 g/mol. The van der Waals surface area contributed by atoms with Crippen molar-refractivity contribution in [1.29, 1.82) is 0 Å². The molecule has 2 aliphatic heterocycles. The molecule has 0 aromatic heterocycles. The average Bonchev–Trinajstić information content (AvgIpc) is 2.41. The molecule has 0 aliphatic carbocycles. The van der Waals surface area contributed by atoms with Crippen molar-refractivity contribution in [3.05, 3.63) is 0 Å². The Morgan fingerprint density at radius 1 is 1.32 bits per heavy atom. The quantitative estimate of drug-likeness (QED) is 0.787. The van der Waals surface area contributed by atoms with Gasteiger partial charge in [-0.1, -0.05) is 0 Å². The first kappa shape index (κ1) is 20.4. The standard InChI is InChI=1S/C17H31NO7/c1-9(2)22-14-11(18-15(20)25-16(3,4)5)12(19)13-10(23-14)8-21-17(6,7)24-13/h9-14,19H,8H2,1-7H3,(H,18,20)/t10-,11-,12+,13-,14-/m1/s1. The van der Waals surface area contributed by atoms with Crippen molar-refractivity contribution in [3.63, 3.8) is 0 Å². The summed E-state index contributed by atoms with van der Waals surface area (Å²) in [5.74, 6) is -0.840. The van der Waals surface area contributed by atoms with Crippen LogP contribution in [-0.2, 0) is 23.7 Å². The number of hydrogen-bond donors (Lipinski definition) is 2. The lowest BCUT2D eigenvalue weighted by Crippen LogP contribution is -2.68. The van der Waals surface area contributed by atoms with Crippen molar-refractivity contribution >= 4 is 6.09 Å². The van der Waals surface area contributed by atoms with Crippen molar-refractivity contribution in [1.82, 2.24) is 5.32 Å². The molecule has 146 valence electrons. The number of ether oxygens (including phenoxy) is 5. The lowest BCUT2D eigenvalue weighted by Gasteiger charge is -2.50. The Bertz CT molecular complexity index is 474. The third-order valence-corrected chi connectivity index (χ3v) is 3.78. The summed E-state index contributed by atoms with van der Waals surface area (Å²) in [7, 11) is 0. The van der Waals surface area contributed by atoms with E-state index in [4.69, 9.17) is 23.7 Å². The van der Waals surface area contributed by atoms with Crippen LogP contribution in [0.2, 0.25) is 0 Å². The van der Waals surface area contributed by atoms with E-state index in [1.807, 2.05) is 13.8 Å². The Morgan fingerprint density at radius 2 is 1.96 bits per heavy atom. The van der Waals surface area contributed by atoms with Crippen LogP contribution in [0.25, 0.3) is 0 Å². The van der Waals surface area contributed by atoms with Gasteiger partial charge in [0.15, 0.2) is 12.1 Å². The van der Waals surface area contributed by atoms with E-state index >= 15 is 0 Å². The first-order chi connectivity index (χ1) is 11.4. The van der Waals surface area contributed by atoms with Crippen LogP contribution in [0.3, 0.4) is 0 Å². The van der Waals surface area contributed by atoms with Gasteiger partial charge in [0.1, 0.15) is 30.0 Å². The molecular weight excluding hydrogens is 330 g/mol. The Kier molecular flexibility index (Phi) is 6.00. The molecule has 0 bridgehead atoms. The maximum atomic E-state index is 12.2. The number of aliphatic hydroxyl groups is 1. The highest BCUT2D eigenvalue weighted by Gasteiger charge is 2.52. The highest BCUT2D eigenvalue weighted by atomic mass is 16.8. The van der Waals surface area contributed by atoms with Crippen molar-refractivity contribution in [2.24, 2.45) is 0 Å². The fraction of sp³-hybridized carbons (Fsp3) is 0.941. The molecular formula is C17H31NO7. The molecule has 2 fully saturated rings. The predicted octanol–water partition coefficient (Wildman–Crippen LogP) is 1.54. The van der Waals surface area contributed by atoms with Crippen LogP contribution < -0.4 is 5.32 Å². The van der Waals surface area contributed by atoms with Crippen LogP contribution in [0, 0.1) is 0 Å². The number of rotatable bonds is 3. The molecule has 5 atom stereocenters. The number of nitrogens with one attached hydrogen (secondary N) is 1. The summed E-state index contributed by atoms with van der Waals surface area (Å²) < 4.78 is 28.3. The first-order valence-electron chi connectivity index (χ1n) is 8.68. The van der Waals surface area contributed by atoms with Gasteiger partial charge in [0.2, 0.25) is 0 Å². The molecule has 0 aromatic carbocycles. The summed E-state index contributed by atoms with van der Waals surface area (Å²) in [4.78, 5) is 12.2. The van der Waals surface area contributed by atoms with Gasteiger partial charge in [0.25, 0.3) is 0 Å². The van der Waals surface area contributed by atoms with Crippen LogP contribution in [0.5, 0.6) is 0 Å². The van der Waals surface area contributed by atoms with E-state index in [1.54, 1.807) is 34.6 Å². The molecule has 0 unspecified atom stereocenters. The van der Waals surface area contributed by atoms with Gasteiger partial charge in [0, 0.05) is 0 Å². The normalized spacial score (nSPS) is 35.2. The summed E-state index contributed by atoms with van der Waals surface area (Å²) in [6.45, 7) is 12.8. The van der Waals surface area contributed by atoms with E-state index in [0.29, 0.717) is 0 Å². The summed E-state index contributed by atoms with van der Waals surface area (Å²) in [6.07, 6.45) is -3.80. The second kappa shape index (κ2) is 7.36. The number of hydrogen-bond acceptors (Lipinski definition) is 7. The van der Waals surface area contributed by atoms with Gasteiger partial charge in [-0.25, -0.2) is 4.79 Å². The molecule has 0 saturated carbocycles. The Balaban J connectivity index is 2.15. The molecule has 1 amide bonds. The minimum absolute atomic E-state index is 0.154. The summed E-state index contributed by atoms with van der Waals surface area (Å²) in [5.41, 5.74) is -0.654. The van der Waals surface area contributed by atoms with Crippen molar-refractivity contribution < 1.29 is 33.6 Å². The molecule has 2 N–H and O–H groups in total. The number of fused-ring (bicyclic) bond motifs is 1. The molecule has 2 aliphatic rings. The van der Waals surface area contributed by atoms with E-state index in [-0.39, 0.29) is 12.7 Å². The summed E-state index contributed by atoms with van der Waals surface area (Å²) in [6, 6.07) is -0.826. The van der Waals surface area contributed by atoms with E-state index in [1.165, 1.54) is 0 Å². The lowest BCUT2D eigenvalue weighted by atomic mass is 9.95. The number of amides is 1. The molecule has 2 saturated heterocycles. The maximum absolute atomic E-state index is 12.2. The molecule has 8 nitrogen and oxygen atoms in total. The van der Waals surface area contributed by atoms with Crippen LogP contribution in [0.4, 0.5) is 4.79 Å². The van der Waals surface area contributed by atoms with Gasteiger partial charge in [-0.05, 0) is 48.5 Å². The minimum atomic E-state index is -1.03. The van der Waals surface area contributed by atoms with Crippen LogP contribution >= 0.6 is 0 Å². The van der Waals surface area contributed by atoms with E-state index in [0.717, 1.165) is 0 Å². The SMILES string of the molecule is CC(C)O[C@@H]1O[C@@H]2COC(C)(C)O[C@H]2[C@@H](O)[C@H]1NC(=O)OC(C)(C)C. The molecule has 2 rings (SSSR count). The highest BCUT2D eigenvalue weighted by molar-refractivity contribution is 5.68. The van der Waals surface area contributed by atoms with Crippen LogP contribution in [-0.4, -0.2) is 65.9 Å². The van der Waals surface area contributed by atoms with Gasteiger partial charge < -0.3 is 34.1 Å². The second-order valence-electron chi connectivity index (χ2n) is 8.18. The summed E-state index contributed by atoms with van der Waals surface area (Å²) in [5, 5.41) is 13.5. The fourth-order valence-corrected chi connectivity index (χ4v) is 2.83. The van der Waals surface area contributed by atoms with Gasteiger partial charge in [-0.2, -0.15) is 0 Å². The van der Waals surface area contributed by atoms with E-state index in [9.17, 15) is 9.90 Å². The number of carbonyl (C=O) groups excluding carboxylic acids is 1. The van der Waals surface area contributed by atoms with E-state index < -0.39 is 48.1 Å². The summed E-state index contributed by atoms with van der Waals surface area (Å²) >= 11 is 0. The van der Waals surface area contributed by atoms with Gasteiger partial charge >= 0.3 is 6.09 Å². The third-order valence-electron chi connectivity index (χ3n) is 3.78. The number of alkyl carbamates (subject to hydrolysis) is 1. The zero-order valence-electron chi connectivity index (χ0n) is 16.1. The zero-order valence-corrected chi connectivity index (χ0v) is 16.1. The topological polar surface area (TPSA) is 95.5 Å². The van der Waals surface area contributed by atoms with E-state index in [2.05, 4.69) is 5.32 Å². The maximum Gasteiger partial charge on any atom is 0.408 e. The van der Waals surface area contributed by atoms with Gasteiger partial charge in [-0.3, -0.25) is 0 Å². The molecule has 0 aromatic rings. The van der Waals surface area contributed by atoms with Gasteiger partial charge in [0.05, 0.1) is 12.7 Å². The second-order valence-corrected chi connectivity index (χ2v) is 8.18. The van der Waals surface area contributed by atoms with Crippen molar-refractivity contribution in [2.45, 2.75) is 96.6 Å². The predicted molar refractivity (Wildman–Crippen MR) is 89.0 cm³/mol. The highest BCUT2D eigenvalue weighted by Crippen LogP contribution is 2.33. The number of carbonyl (C=O) groups is 1. The Labute approximate surface area is 149 Å². The largest absolute Gasteiger partial charge is 0.444 e. The van der Waals surface area contributed by atoms with Crippen LogP contribution in [0.1, 0.15) is 48.5 Å². The first-order valence-corrected chi connectivity index (χ1v) is 8.68.